The highest BCUT2D eigenvalue weighted by Crippen LogP contribution is 2.65. The molecule has 1 fully saturated rings. The summed E-state index contributed by atoms with van der Waals surface area (Å²) in [5, 5.41) is 16.4. The van der Waals surface area contributed by atoms with Crippen LogP contribution in [0.15, 0.2) is 127 Å². The average Bonchev–Trinajstić information content (AvgIpc) is 3.62. The summed E-state index contributed by atoms with van der Waals surface area (Å²) in [6, 6.07) is 48.4. The van der Waals surface area contributed by atoms with E-state index in [1.807, 2.05) is 0 Å². The van der Waals surface area contributed by atoms with Gasteiger partial charge in [0.25, 0.3) is 0 Å². The zero-order valence-electron chi connectivity index (χ0n) is 25.5. The summed E-state index contributed by atoms with van der Waals surface area (Å²) in [5.41, 5.74) is 7.05. The van der Waals surface area contributed by atoms with Crippen molar-refractivity contribution in [1.29, 1.82) is 0 Å². The van der Waals surface area contributed by atoms with Crippen molar-refractivity contribution in [2.45, 2.75) is 37.6 Å². The maximum atomic E-state index is 2.62. The molecule has 1 saturated carbocycles. The van der Waals surface area contributed by atoms with Gasteiger partial charge in [-0.1, -0.05) is 97.9 Å². The summed E-state index contributed by atoms with van der Waals surface area (Å²) in [4.78, 5) is 2.62. The SMILES string of the molecule is CC12CCC1(C)N(c1ccccc1)c1ccc(-c3ccc4c5cc6c(cc5c5cccc3c54)c3cccc4cccc6c43)cc12. The van der Waals surface area contributed by atoms with Gasteiger partial charge in [0, 0.05) is 16.8 Å². The molecule has 1 heterocycles. The number of para-hydroxylation sites is 1. The van der Waals surface area contributed by atoms with Crippen molar-refractivity contribution < 1.29 is 0 Å². The maximum Gasteiger partial charge on any atom is 0.0518 e. The monoisotopic (exact) mass is 573 g/mol. The van der Waals surface area contributed by atoms with Gasteiger partial charge in [-0.15, -0.1) is 0 Å². The molecule has 2 unspecified atom stereocenters. The van der Waals surface area contributed by atoms with Crippen LogP contribution in [0.1, 0.15) is 32.3 Å². The number of fused-ring (bicyclic) bond motifs is 9. The molecule has 11 rings (SSSR count). The van der Waals surface area contributed by atoms with E-state index in [0.29, 0.717) is 0 Å². The van der Waals surface area contributed by atoms with E-state index in [1.54, 1.807) is 0 Å². The molecule has 212 valence electrons. The van der Waals surface area contributed by atoms with Gasteiger partial charge >= 0.3 is 0 Å². The van der Waals surface area contributed by atoms with E-state index < -0.39 is 0 Å². The molecule has 0 radical (unpaired) electrons. The van der Waals surface area contributed by atoms with E-state index in [4.69, 9.17) is 0 Å². The van der Waals surface area contributed by atoms with Gasteiger partial charge in [-0.25, -0.2) is 0 Å². The zero-order chi connectivity index (χ0) is 29.7. The van der Waals surface area contributed by atoms with Crippen LogP contribution < -0.4 is 4.90 Å². The lowest BCUT2D eigenvalue weighted by Gasteiger charge is -2.56. The van der Waals surface area contributed by atoms with Crippen LogP contribution in [0.5, 0.6) is 0 Å². The van der Waals surface area contributed by atoms with E-state index in [-0.39, 0.29) is 11.0 Å². The predicted octanol–water partition coefficient (Wildman–Crippen LogP) is 12.1. The maximum absolute atomic E-state index is 2.62. The highest BCUT2D eigenvalue weighted by molar-refractivity contribution is 6.38. The topological polar surface area (TPSA) is 3.24 Å². The fourth-order valence-corrected chi connectivity index (χ4v) is 9.64. The number of hydrogen-bond acceptors (Lipinski definition) is 1. The van der Waals surface area contributed by atoms with Gasteiger partial charge < -0.3 is 4.90 Å². The van der Waals surface area contributed by atoms with Gasteiger partial charge in [0.1, 0.15) is 0 Å². The molecule has 1 nitrogen and oxygen atoms in total. The van der Waals surface area contributed by atoms with E-state index in [2.05, 4.69) is 146 Å². The van der Waals surface area contributed by atoms with Gasteiger partial charge in [0.05, 0.1) is 5.54 Å². The molecular formula is C44H31N. The quantitative estimate of drug-likeness (QED) is 0.199. The zero-order valence-corrected chi connectivity index (χ0v) is 25.5. The van der Waals surface area contributed by atoms with E-state index in [1.165, 1.54) is 106 Å². The van der Waals surface area contributed by atoms with Crippen molar-refractivity contribution in [3.05, 3.63) is 133 Å². The Morgan fingerprint density at radius 2 is 1.11 bits per heavy atom. The van der Waals surface area contributed by atoms with Crippen molar-refractivity contribution in [2.75, 3.05) is 4.90 Å². The molecule has 1 aliphatic carbocycles. The molecule has 1 heteroatoms. The van der Waals surface area contributed by atoms with Crippen LogP contribution in [0.25, 0.3) is 75.8 Å². The summed E-state index contributed by atoms with van der Waals surface area (Å²) in [5.74, 6) is 0. The molecule has 1 aliphatic heterocycles. The number of rotatable bonds is 2. The first-order chi connectivity index (χ1) is 22.0. The summed E-state index contributed by atoms with van der Waals surface area (Å²) in [6.45, 7) is 4.96. The molecule has 45 heavy (non-hydrogen) atoms. The second kappa shape index (κ2) is 7.92. The van der Waals surface area contributed by atoms with E-state index >= 15 is 0 Å². The smallest absolute Gasteiger partial charge is 0.0518 e. The predicted molar refractivity (Wildman–Crippen MR) is 193 cm³/mol. The summed E-state index contributed by atoms with van der Waals surface area (Å²) in [6.07, 6.45) is 2.44. The third kappa shape index (κ3) is 2.74. The Kier molecular flexibility index (Phi) is 4.26. The third-order valence-corrected chi connectivity index (χ3v) is 12.2. The van der Waals surface area contributed by atoms with Gasteiger partial charge in [-0.3, -0.25) is 0 Å². The molecular weight excluding hydrogens is 542 g/mol. The van der Waals surface area contributed by atoms with Crippen LogP contribution in [-0.2, 0) is 5.41 Å². The van der Waals surface area contributed by atoms with E-state index in [0.717, 1.165) is 0 Å². The highest BCUT2D eigenvalue weighted by atomic mass is 15.3. The third-order valence-electron chi connectivity index (χ3n) is 12.2. The lowest BCUT2D eigenvalue weighted by atomic mass is 9.55. The first kappa shape index (κ1) is 24.2. The van der Waals surface area contributed by atoms with Crippen LogP contribution >= 0.6 is 0 Å². The second-order valence-corrected chi connectivity index (χ2v) is 14.1. The van der Waals surface area contributed by atoms with Crippen LogP contribution in [0.3, 0.4) is 0 Å². The van der Waals surface area contributed by atoms with Gasteiger partial charge in [-0.2, -0.15) is 0 Å². The molecule has 9 aromatic carbocycles. The minimum absolute atomic E-state index is 0.0995. The van der Waals surface area contributed by atoms with Gasteiger partial charge in [0.2, 0.25) is 0 Å². The molecule has 0 amide bonds. The van der Waals surface area contributed by atoms with Crippen LogP contribution in [0.2, 0.25) is 0 Å². The Hall–Kier alpha value is -5.14. The van der Waals surface area contributed by atoms with Crippen molar-refractivity contribution in [3.8, 4) is 11.1 Å². The molecule has 2 aliphatic rings. The van der Waals surface area contributed by atoms with Crippen LogP contribution in [-0.4, -0.2) is 5.54 Å². The lowest BCUT2D eigenvalue weighted by Crippen LogP contribution is -2.60. The first-order valence-corrected chi connectivity index (χ1v) is 16.3. The summed E-state index contributed by atoms with van der Waals surface area (Å²) in [7, 11) is 0. The van der Waals surface area contributed by atoms with Crippen LogP contribution in [0, 0.1) is 0 Å². The lowest BCUT2D eigenvalue weighted by molar-refractivity contribution is 0.133. The number of benzene rings is 7. The van der Waals surface area contributed by atoms with Crippen LogP contribution in [0.4, 0.5) is 11.4 Å². The standard InChI is InChI=1S/C44H31N/c1-43-21-22-44(43,2)45(28-11-4-3-5-12-28)40-20-17-27(23-39(40)43)29-18-19-34-38-25-36-32-14-7-10-26-9-6-13-31(41(26)32)35(36)24-37(38)33-16-8-15-30(29)42(33)34/h3-20,23-25H,21-22H2,1-2H3. The van der Waals surface area contributed by atoms with Crippen molar-refractivity contribution in [2.24, 2.45) is 0 Å². The summed E-state index contributed by atoms with van der Waals surface area (Å²) >= 11 is 0. The summed E-state index contributed by atoms with van der Waals surface area (Å²) < 4.78 is 0. The Balaban J connectivity index is 1.15. The average molecular weight is 574 g/mol. The molecule has 0 spiro atoms. The fraction of sp³-hybridized carbons (Fsp3) is 0.136. The van der Waals surface area contributed by atoms with Crippen molar-refractivity contribution in [1.82, 2.24) is 0 Å². The Morgan fingerprint density at radius 1 is 0.489 bits per heavy atom. The Labute approximate surface area is 262 Å². The number of nitrogens with zero attached hydrogens (tertiary/aromatic N) is 1. The molecule has 0 saturated heterocycles. The molecule has 0 aromatic heterocycles. The molecule has 0 N–H and O–H groups in total. The highest BCUT2D eigenvalue weighted by Gasteiger charge is 2.63. The number of anilines is 2. The Bertz CT molecular complexity index is 2600. The molecule has 0 bridgehead atoms. The second-order valence-electron chi connectivity index (χ2n) is 14.1. The Morgan fingerprint density at radius 3 is 1.78 bits per heavy atom. The molecule has 2 atom stereocenters. The van der Waals surface area contributed by atoms with Gasteiger partial charge in [0.15, 0.2) is 0 Å². The van der Waals surface area contributed by atoms with Crippen molar-refractivity contribution in [3.63, 3.8) is 0 Å². The minimum Gasteiger partial charge on any atom is -0.334 e. The van der Waals surface area contributed by atoms with Crippen molar-refractivity contribution >= 4 is 76.0 Å². The minimum atomic E-state index is 0.0995. The molecule has 9 aromatic rings. The largest absolute Gasteiger partial charge is 0.334 e. The number of hydrogen-bond donors (Lipinski definition) is 0. The van der Waals surface area contributed by atoms with Gasteiger partial charge in [-0.05, 0) is 137 Å². The first-order valence-electron chi connectivity index (χ1n) is 16.3. The normalized spacial score (nSPS) is 21.1. The van der Waals surface area contributed by atoms with E-state index in [9.17, 15) is 0 Å². The fourth-order valence-electron chi connectivity index (χ4n) is 9.64.